The normalized spacial score (nSPS) is 19.0. The summed E-state index contributed by atoms with van der Waals surface area (Å²) in [5.41, 5.74) is 17.8. The van der Waals surface area contributed by atoms with Crippen molar-refractivity contribution >= 4 is 63.8 Å². The number of ketones is 3. The highest BCUT2D eigenvalue weighted by Gasteiger charge is 2.30. The molecule has 0 aromatic carbocycles. The van der Waals surface area contributed by atoms with Gasteiger partial charge in [0, 0.05) is 123 Å². The molecule has 0 radical (unpaired) electrons. The molecule has 4 aliphatic carbocycles. The van der Waals surface area contributed by atoms with Crippen LogP contribution < -0.4 is 32.3 Å². The van der Waals surface area contributed by atoms with Gasteiger partial charge in [-0.1, -0.05) is 18.9 Å². The molecule has 0 spiro atoms. The minimum absolute atomic E-state index is 0.0296. The van der Waals surface area contributed by atoms with E-state index < -0.39 is 0 Å². The number of H-pyrrole nitrogens is 1. The zero-order valence-corrected chi connectivity index (χ0v) is 66.6. The molecule has 4 aliphatic rings. The van der Waals surface area contributed by atoms with Crippen molar-refractivity contribution in [1.29, 1.82) is 15.8 Å². The fraction of sp³-hybridized carbons (Fsp3) is 0.483. The zero-order chi connectivity index (χ0) is 80.7. The van der Waals surface area contributed by atoms with Crippen molar-refractivity contribution in [2.24, 2.45) is 47.2 Å². The van der Waals surface area contributed by atoms with Gasteiger partial charge in [0.05, 0.1) is 87.2 Å². The van der Waals surface area contributed by atoms with Crippen LogP contribution in [0.4, 0.5) is 29.6 Å². The van der Waals surface area contributed by atoms with E-state index in [-0.39, 0.29) is 35.6 Å². The van der Waals surface area contributed by atoms with Crippen LogP contribution in [0.2, 0.25) is 0 Å². The first-order chi connectivity index (χ1) is 55.4. The standard InChI is InChI=1S/C22H25N7O.C22H27N5O.C22H29N5O.C21H26N6O/c1-2-14-11-27-22(25-10-7-16-12-26-19-13-24-9-8-18(16)19)29-21(14)28-17-5-3-15(4-6-17)20(23)30;1-15-18(4-3-10-24-15)9-11-25-22-26-14-20(13-23)21(27-22)12-17-5-7-19(8-6-17)16(2)28;1-3-20-5-4-11-27(20)12-10-24-22-25-15-19(14-23)21(26-22)13-17-6-8-18(9-7-17)16(2)28;1-14-19(24-10-9-23-14)7-8-25-21-26-13-18(12-22)20(27-21)11-16-3-5-17(6-4-16)15(2)28/h1,8-9,11-13,15,17,26H,3-7,10H2,(H2,23,30)(H2,25,27,28,29);3-4,10,14,17,19H,5-9,11-12H2,1-2H3,(H,25,26,27);4-5,11,15,17-18H,3,6-10,12-13H2,1-2H3,(H,24,25,26);9-10,13,16-17H,3-8,11H2,1-2H3,(H,25,26,27). The maximum atomic E-state index is 11.6. The Bertz CT molecular complexity index is 4720. The quantitative estimate of drug-likeness (QED) is 0.0214. The number of terminal acetylenes is 1. The van der Waals surface area contributed by atoms with Crippen LogP contribution in [0.1, 0.15) is 204 Å². The lowest BCUT2D eigenvalue weighted by molar-refractivity contribution is -0.123. The fourth-order valence-corrected chi connectivity index (χ4v) is 15.7. The first-order valence-corrected chi connectivity index (χ1v) is 40.2. The SMILES string of the molecule is C#Cc1cnc(NCCc2c[nH]c3cnccc23)nc1NC1CCC(C(N)=O)CC1.CC(=O)C1CCC(Cc2nc(NCCc3cccnc3C)ncc2C#N)CC1.CC(=O)C1CCC(Cc2nc(NCCc3nccnc3C)ncc2C#N)CC1.CCc1cccn1CCNc1ncc(C#N)c(CC2CCC(C(C)=O)CC2)n1. The third-order valence-electron chi connectivity index (χ3n) is 22.7. The summed E-state index contributed by atoms with van der Waals surface area (Å²) in [4.78, 5) is 102. The third kappa shape index (κ3) is 25.0. The second-order valence-corrected chi connectivity index (χ2v) is 30.4. The number of carbonyl (C=O) groups excluding carboxylic acids is 4. The van der Waals surface area contributed by atoms with Gasteiger partial charge < -0.3 is 41.9 Å². The molecule has 13 rings (SSSR count). The number of fused-ring (bicyclic) bond motifs is 1. The molecular formula is C87H107N23O4. The summed E-state index contributed by atoms with van der Waals surface area (Å²) in [6, 6.07) is 17.1. The summed E-state index contributed by atoms with van der Waals surface area (Å²) in [5, 5.41) is 45.9. The minimum atomic E-state index is -0.210. The molecule has 594 valence electrons. The Morgan fingerprint density at radius 2 is 0.974 bits per heavy atom. The van der Waals surface area contributed by atoms with Gasteiger partial charge in [0.25, 0.3) is 0 Å². The van der Waals surface area contributed by atoms with E-state index in [2.05, 4.69) is 151 Å². The van der Waals surface area contributed by atoms with E-state index in [1.807, 2.05) is 38.4 Å². The second-order valence-electron chi connectivity index (χ2n) is 30.4. The number of carbonyl (C=O) groups is 4. The van der Waals surface area contributed by atoms with Crippen LogP contribution in [0.25, 0.3) is 10.9 Å². The van der Waals surface area contributed by atoms with Gasteiger partial charge >= 0.3 is 0 Å². The molecule has 4 saturated carbocycles. The number of aromatic nitrogens is 14. The fourth-order valence-electron chi connectivity index (χ4n) is 15.7. The molecule has 0 saturated heterocycles. The number of pyridine rings is 2. The predicted octanol–water partition coefficient (Wildman–Crippen LogP) is 12.9. The Hall–Kier alpha value is -12.0. The molecule has 1 amide bonds. The average Bonchev–Trinajstić information content (AvgIpc) is 1.37. The number of aromatic amines is 1. The maximum Gasteiger partial charge on any atom is 0.224 e. The summed E-state index contributed by atoms with van der Waals surface area (Å²) in [5.74, 6) is 8.22. The molecule has 4 fully saturated rings. The van der Waals surface area contributed by atoms with Crippen molar-refractivity contribution in [1.82, 2.24) is 69.4 Å². The molecule has 9 aromatic heterocycles. The lowest BCUT2D eigenvalue weighted by Gasteiger charge is -2.28. The predicted molar refractivity (Wildman–Crippen MR) is 439 cm³/mol. The number of aryl methyl sites for hydroxylation is 3. The molecule has 0 bridgehead atoms. The van der Waals surface area contributed by atoms with Crippen LogP contribution >= 0.6 is 0 Å². The highest BCUT2D eigenvalue weighted by molar-refractivity contribution is 5.82. The van der Waals surface area contributed by atoms with Crippen molar-refractivity contribution in [2.45, 2.75) is 202 Å². The first-order valence-electron chi connectivity index (χ1n) is 40.2. The monoisotopic (exact) mass is 1540 g/mol. The van der Waals surface area contributed by atoms with Gasteiger partial charge in [0.2, 0.25) is 29.7 Å². The summed E-state index contributed by atoms with van der Waals surface area (Å²) in [6.45, 7) is 14.8. The number of anilines is 5. The number of nitrogens with one attached hydrogen (secondary N) is 6. The number of Topliss-reactive ketones (excluding diaryl/α,β-unsaturated/α-hetero) is 3. The Morgan fingerprint density at radius 1 is 0.509 bits per heavy atom. The summed E-state index contributed by atoms with van der Waals surface area (Å²) < 4.78 is 2.23. The van der Waals surface area contributed by atoms with E-state index in [0.717, 1.165) is 200 Å². The van der Waals surface area contributed by atoms with E-state index in [9.17, 15) is 35.0 Å². The van der Waals surface area contributed by atoms with Crippen LogP contribution in [0.3, 0.4) is 0 Å². The lowest BCUT2D eigenvalue weighted by Crippen LogP contribution is -2.32. The Balaban J connectivity index is 0.000000161. The van der Waals surface area contributed by atoms with Gasteiger partial charge in [-0.05, 0) is 229 Å². The summed E-state index contributed by atoms with van der Waals surface area (Å²) in [6.07, 6.45) is 45.8. The molecule has 8 N–H and O–H groups in total. The van der Waals surface area contributed by atoms with Gasteiger partial charge in [0.1, 0.15) is 41.4 Å². The number of rotatable bonds is 29. The number of nitrogens with two attached hydrogens (primary N) is 1. The van der Waals surface area contributed by atoms with E-state index in [1.54, 1.807) is 70.3 Å². The van der Waals surface area contributed by atoms with Gasteiger partial charge in [-0.25, -0.2) is 34.9 Å². The number of hydrogen-bond acceptors (Lipinski definition) is 24. The first kappa shape index (κ1) is 84.5. The van der Waals surface area contributed by atoms with Crippen LogP contribution in [0.5, 0.6) is 0 Å². The number of nitriles is 3. The van der Waals surface area contributed by atoms with Crippen LogP contribution in [0.15, 0.2) is 98.5 Å². The van der Waals surface area contributed by atoms with Crippen molar-refractivity contribution in [3.05, 3.63) is 172 Å². The molecule has 9 heterocycles. The largest absolute Gasteiger partial charge is 0.369 e. The van der Waals surface area contributed by atoms with Crippen molar-refractivity contribution in [3.8, 4) is 30.6 Å². The van der Waals surface area contributed by atoms with Crippen LogP contribution in [-0.2, 0) is 70.7 Å². The summed E-state index contributed by atoms with van der Waals surface area (Å²) in [7, 11) is 0. The van der Waals surface area contributed by atoms with Gasteiger partial charge in [-0.2, -0.15) is 20.8 Å². The number of primary amides is 1. The molecule has 27 nitrogen and oxygen atoms in total. The van der Waals surface area contributed by atoms with E-state index in [1.165, 1.54) is 22.2 Å². The second kappa shape index (κ2) is 43.2. The van der Waals surface area contributed by atoms with E-state index in [0.29, 0.717) is 107 Å². The highest BCUT2D eigenvalue weighted by atomic mass is 16.1. The Labute approximate surface area is 668 Å². The van der Waals surface area contributed by atoms with Crippen molar-refractivity contribution in [2.75, 3.05) is 52.8 Å². The van der Waals surface area contributed by atoms with E-state index in [4.69, 9.17) is 12.2 Å². The van der Waals surface area contributed by atoms with Gasteiger partial charge in [-0.15, -0.1) is 6.42 Å². The smallest absolute Gasteiger partial charge is 0.224 e. The minimum Gasteiger partial charge on any atom is -0.369 e. The lowest BCUT2D eigenvalue weighted by atomic mass is 9.78. The van der Waals surface area contributed by atoms with Crippen LogP contribution in [0, 0.1) is 102 Å². The van der Waals surface area contributed by atoms with Gasteiger partial charge in [-0.3, -0.25) is 39.1 Å². The maximum absolute atomic E-state index is 11.6. The Morgan fingerprint density at radius 3 is 1.45 bits per heavy atom. The average molecular weight is 1540 g/mol. The molecule has 27 heteroatoms. The zero-order valence-electron chi connectivity index (χ0n) is 66.6. The Kier molecular flexibility index (Phi) is 32.0. The molecule has 0 aliphatic heterocycles. The van der Waals surface area contributed by atoms with Crippen molar-refractivity contribution < 1.29 is 19.2 Å². The number of hydrogen-bond donors (Lipinski definition) is 7. The third-order valence-corrected chi connectivity index (χ3v) is 22.7. The molecule has 0 atom stereocenters. The topological polar surface area (TPSA) is 401 Å². The number of amides is 1. The van der Waals surface area contributed by atoms with Crippen molar-refractivity contribution in [3.63, 3.8) is 0 Å². The highest BCUT2D eigenvalue weighted by Crippen LogP contribution is 2.36. The van der Waals surface area contributed by atoms with Gasteiger partial charge in [0.15, 0.2) is 0 Å². The summed E-state index contributed by atoms with van der Waals surface area (Å²) >= 11 is 0. The molecular weight excluding hydrogens is 1430 g/mol. The molecule has 0 unspecified atom stereocenters. The molecule has 9 aromatic rings. The van der Waals surface area contributed by atoms with E-state index >= 15 is 0 Å². The molecule has 114 heavy (non-hydrogen) atoms. The van der Waals surface area contributed by atoms with Crippen LogP contribution in [-0.4, -0.2) is 125 Å². The number of nitrogens with zero attached hydrogens (tertiary/aromatic N) is 16.